The predicted molar refractivity (Wildman–Crippen MR) is 63.3 cm³/mol. The van der Waals surface area contributed by atoms with Crippen molar-refractivity contribution in [3.8, 4) is 0 Å². The Bertz CT molecular complexity index is 214. The van der Waals surface area contributed by atoms with E-state index in [2.05, 4.69) is 0 Å². The number of unbranched alkanes of at least 4 members (excludes halogenated alkanes) is 5. The topological polar surface area (TPSA) is 57.6 Å². The molecule has 0 heterocycles. The molecule has 0 fully saturated rings. The number of carbonyl (C=O) groups excluding carboxylic acids is 1. The molecule has 94 valence electrons. The SMILES string of the molecule is CN(C)C(=O)CCCCCCCCC(=O)O. The number of hydrogen-bond acceptors (Lipinski definition) is 2. The molecule has 16 heavy (non-hydrogen) atoms. The Balaban J connectivity index is 3.16. The van der Waals surface area contributed by atoms with Crippen molar-refractivity contribution in [2.24, 2.45) is 0 Å². The first-order chi connectivity index (χ1) is 7.54. The summed E-state index contributed by atoms with van der Waals surface area (Å²) in [6, 6.07) is 0. The summed E-state index contributed by atoms with van der Waals surface area (Å²) in [4.78, 5) is 23.1. The number of rotatable bonds is 9. The fraction of sp³-hybridized carbons (Fsp3) is 0.833. The number of nitrogens with zero attached hydrogens (tertiary/aromatic N) is 1. The lowest BCUT2D eigenvalue weighted by molar-refractivity contribution is -0.137. The van der Waals surface area contributed by atoms with Crippen molar-refractivity contribution >= 4 is 11.9 Å². The Morgan fingerprint density at radius 3 is 1.75 bits per heavy atom. The molecule has 0 aliphatic rings. The molecule has 1 N–H and O–H groups in total. The van der Waals surface area contributed by atoms with Gasteiger partial charge in [-0.3, -0.25) is 9.59 Å². The highest BCUT2D eigenvalue weighted by Crippen LogP contribution is 2.09. The zero-order valence-corrected chi connectivity index (χ0v) is 10.4. The van der Waals surface area contributed by atoms with Gasteiger partial charge in [0.25, 0.3) is 0 Å². The summed E-state index contributed by atoms with van der Waals surface area (Å²) in [5, 5.41) is 8.43. The number of amides is 1. The minimum Gasteiger partial charge on any atom is -0.481 e. The zero-order valence-electron chi connectivity index (χ0n) is 10.4. The van der Waals surface area contributed by atoms with E-state index in [0.29, 0.717) is 6.42 Å². The predicted octanol–water partition coefficient (Wildman–Crippen LogP) is 2.28. The molecule has 0 spiro atoms. The van der Waals surface area contributed by atoms with Gasteiger partial charge >= 0.3 is 5.97 Å². The third kappa shape index (κ3) is 9.49. The van der Waals surface area contributed by atoms with Gasteiger partial charge in [-0.2, -0.15) is 0 Å². The Labute approximate surface area is 97.6 Å². The van der Waals surface area contributed by atoms with Gasteiger partial charge in [0.2, 0.25) is 5.91 Å². The summed E-state index contributed by atoms with van der Waals surface area (Å²) in [7, 11) is 3.54. The van der Waals surface area contributed by atoms with E-state index in [9.17, 15) is 9.59 Å². The van der Waals surface area contributed by atoms with Crippen molar-refractivity contribution in [1.82, 2.24) is 4.90 Å². The molecule has 4 nitrogen and oxygen atoms in total. The number of aliphatic carboxylic acids is 1. The van der Waals surface area contributed by atoms with Crippen LogP contribution in [-0.2, 0) is 9.59 Å². The van der Waals surface area contributed by atoms with Crippen LogP contribution in [0.25, 0.3) is 0 Å². The van der Waals surface area contributed by atoms with Gasteiger partial charge in [0.05, 0.1) is 0 Å². The monoisotopic (exact) mass is 229 g/mol. The van der Waals surface area contributed by atoms with Gasteiger partial charge in [0, 0.05) is 26.9 Å². The minimum absolute atomic E-state index is 0.186. The van der Waals surface area contributed by atoms with Crippen LogP contribution in [0.5, 0.6) is 0 Å². The summed E-state index contributed by atoms with van der Waals surface area (Å²) in [6.07, 6.45) is 6.83. The normalized spacial score (nSPS) is 10.1. The first-order valence-corrected chi connectivity index (χ1v) is 5.96. The van der Waals surface area contributed by atoms with Crippen molar-refractivity contribution in [1.29, 1.82) is 0 Å². The van der Waals surface area contributed by atoms with E-state index in [1.54, 1.807) is 19.0 Å². The van der Waals surface area contributed by atoms with Gasteiger partial charge in [-0.1, -0.05) is 25.7 Å². The molecule has 0 aromatic heterocycles. The molecule has 0 saturated heterocycles. The molecule has 0 aromatic rings. The number of carboxylic acids is 1. The van der Waals surface area contributed by atoms with Crippen LogP contribution in [-0.4, -0.2) is 36.0 Å². The lowest BCUT2D eigenvalue weighted by Crippen LogP contribution is -2.20. The van der Waals surface area contributed by atoms with E-state index >= 15 is 0 Å². The van der Waals surface area contributed by atoms with Gasteiger partial charge in [-0.15, -0.1) is 0 Å². The van der Waals surface area contributed by atoms with E-state index in [0.717, 1.165) is 38.5 Å². The van der Waals surface area contributed by atoms with E-state index in [1.807, 2.05) is 0 Å². The molecule has 0 rings (SSSR count). The van der Waals surface area contributed by atoms with Gasteiger partial charge in [-0.05, 0) is 12.8 Å². The highest BCUT2D eigenvalue weighted by molar-refractivity contribution is 5.75. The minimum atomic E-state index is -0.712. The standard InChI is InChI=1S/C12H23NO3/c1-13(2)11(14)9-7-5-3-4-6-8-10-12(15)16/h3-10H2,1-2H3,(H,15,16). The van der Waals surface area contributed by atoms with Crippen LogP contribution in [0, 0.1) is 0 Å². The van der Waals surface area contributed by atoms with E-state index in [4.69, 9.17) is 5.11 Å². The molecule has 0 saturated carbocycles. The first kappa shape index (κ1) is 14.9. The number of carbonyl (C=O) groups is 2. The Hall–Kier alpha value is -1.06. The van der Waals surface area contributed by atoms with Gasteiger partial charge in [-0.25, -0.2) is 0 Å². The fourth-order valence-corrected chi connectivity index (χ4v) is 1.48. The molecule has 0 aromatic carbocycles. The smallest absolute Gasteiger partial charge is 0.303 e. The molecule has 0 radical (unpaired) electrons. The van der Waals surface area contributed by atoms with E-state index in [1.165, 1.54) is 0 Å². The van der Waals surface area contributed by atoms with Gasteiger partial charge < -0.3 is 10.0 Å². The zero-order chi connectivity index (χ0) is 12.4. The molecular formula is C12H23NO3. The Morgan fingerprint density at radius 1 is 0.875 bits per heavy atom. The lowest BCUT2D eigenvalue weighted by Gasteiger charge is -2.09. The van der Waals surface area contributed by atoms with E-state index < -0.39 is 5.97 Å². The van der Waals surface area contributed by atoms with Gasteiger partial charge in [0.1, 0.15) is 0 Å². The summed E-state index contributed by atoms with van der Waals surface area (Å²) in [5.74, 6) is -0.526. The molecule has 0 aliphatic heterocycles. The summed E-state index contributed by atoms with van der Waals surface area (Å²) < 4.78 is 0. The number of carboxylic acid groups (broad SMARTS) is 1. The van der Waals surface area contributed by atoms with Crippen LogP contribution in [0.3, 0.4) is 0 Å². The second-order valence-electron chi connectivity index (χ2n) is 4.30. The highest BCUT2D eigenvalue weighted by atomic mass is 16.4. The number of hydrogen-bond donors (Lipinski definition) is 1. The van der Waals surface area contributed by atoms with Crippen LogP contribution in [0.2, 0.25) is 0 Å². The van der Waals surface area contributed by atoms with Crippen molar-refractivity contribution in [2.45, 2.75) is 51.4 Å². The summed E-state index contributed by atoms with van der Waals surface area (Å²) >= 11 is 0. The van der Waals surface area contributed by atoms with Crippen LogP contribution in [0.4, 0.5) is 0 Å². The lowest BCUT2D eigenvalue weighted by atomic mass is 10.1. The van der Waals surface area contributed by atoms with Crippen molar-refractivity contribution in [2.75, 3.05) is 14.1 Å². The van der Waals surface area contributed by atoms with Crippen LogP contribution >= 0.6 is 0 Å². The van der Waals surface area contributed by atoms with Crippen LogP contribution in [0.1, 0.15) is 51.4 Å². The molecular weight excluding hydrogens is 206 g/mol. The molecule has 1 amide bonds. The second-order valence-corrected chi connectivity index (χ2v) is 4.30. The largest absolute Gasteiger partial charge is 0.481 e. The van der Waals surface area contributed by atoms with Crippen molar-refractivity contribution in [3.63, 3.8) is 0 Å². The molecule has 0 aliphatic carbocycles. The molecule has 0 unspecified atom stereocenters. The highest BCUT2D eigenvalue weighted by Gasteiger charge is 2.02. The summed E-state index contributed by atoms with van der Waals surface area (Å²) in [5.41, 5.74) is 0. The van der Waals surface area contributed by atoms with Gasteiger partial charge in [0.15, 0.2) is 0 Å². The maximum Gasteiger partial charge on any atom is 0.303 e. The third-order valence-corrected chi connectivity index (χ3v) is 2.53. The third-order valence-electron chi connectivity index (χ3n) is 2.53. The van der Waals surface area contributed by atoms with Crippen LogP contribution < -0.4 is 0 Å². The maximum absolute atomic E-state index is 11.2. The molecule has 0 atom stereocenters. The quantitative estimate of drug-likeness (QED) is 0.617. The van der Waals surface area contributed by atoms with Crippen LogP contribution in [0.15, 0.2) is 0 Å². The summed E-state index contributed by atoms with van der Waals surface area (Å²) in [6.45, 7) is 0. The fourth-order valence-electron chi connectivity index (χ4n) is 1.48. The first-order valence-electron chi connectivity index (χ1n) is 5.96. The maximum atomic E-state index is 11.2. The Kier molecular flexibility index (Phi) is 8.58. The second kappa shape index (κ2) is 9.19. The average molecular weight is 229 g/mol. The van der Waals surface area contributed by atoms with E-state index in [-0.39, 0.29) is 12.3 Å². The Morgan fingerprint density at radius 2 is 1.31 bits per heavy atom. The molecule has 4 heteroatoms. The van der Waals surface area contributed by atoms with Crippen molar-refractivity contribution < 1.29 is 14.7 Å². The molecule has 0 bridgehead atoms. The van der Waals surface area contributed by atoms with Crippen molar-refractivity contribution in [3.05, 3.63) is 0 Å². The average Bonchev–Trinajstić information content (AvgIpc) is 2.21.